The molecule has 3 amide bonds. The Balaban J connectivity index is 1.44. The molecule has 0 spiro atoms. The Hall–Kier alpha value is -3.80. The third kappa shape index (κ3) is 5.17. The van der Waals surface area contributed by atoms with Crippen LogP contribution >= 0.6 is 0 Å². The lowest BCUT2D eigenvalue weighted by molar-refractivity contribution is 0.102. The summed E-state index contributed by atoms with van der Waals surface area (Å²) in [5.41, 5.74) is 5.59. The van der Waals surface area contributed by atoms with Crippen molar-refractivity contribution in [1.29, 1.82) is 0 Å². The second-order valence-electron chi connectivity index (χ2n) is 8.37. The Kier molecular flexibility index (Phi) is 6.63. The van der Waals surface area contributed by atoms with Gasteiger partial charge in [-0.25, -0.2) is 4.79 Å². The molecule has 3 aromatic rings. The average Bonchev–Trinajstić information content (AvgIpc) is 2.83. The molecular weight excluding hydrogens is 414 g/mol. The number of nitrogens with zero attached hydrogens (tertiary/aromatic N) is 2. The minimum Gasteiger partial charge on any atom is -0.497 e. The number of benzene rings is 3. The van der Waals surface area contributed by atoms with Crippen molar-refractivity contribution in [2.45, 2.75) is 26.8 Å². The number of urea groups is 1. The average molecular weight is 444 g/mol. The highest BCUT2D eigenvalue weighted by molar-refractivity contribution is 6.04. The Labute approximate surface area is 194 Å². The van der Waals surface area contributed by atoms with Crippen molar-refractivity contribution in [3.63, 3.8) is 0 Å². The van der Waals surface area contributed by atoms with Gasteiger partial charge in [-0.2, -0.15) is 0 Å². The molecule has 0 atom stereocenters. The van der Waals surface area contributed by atoms with E-state index in [0.29, 0.717) is 30.1 Å². The Morgan fingerprint density at radius 3 is 2.55 bits per heavy atom. The maximum Gasteiger partial charge on any atom is 0.324 e. The highest BCUT2D eigenvalue weighted by atomic mass is 16.5. The molecule has 6 heteroatoms. The Morgan fingerprint density at radius 1 is 1.00 bits per heavy atom. The lowest BCUT2D eigenvalue weighted by atomic mass is 10.0. The van der Waals surface area contributed by atoms with Crippen molar-refractivity contribution in [2.75, 3.05) is 30.4 Å². The summed E-state index contributed by atoms with van der Waals surface area (Å²) in [7, 11) is 1.57. The molecule has 1 N–H and O–H groups in total. The molecule has 33 heavy (non-hydrogen) atoms. The second kappa shape index (κ2) is 9.77. The van der Waals surface area contributed by atoms with Gasteiger partial charge in [0.05, 0.1) is 7.11 Å². The smallest absolute Gasteiger partial charge is 0.324 e. The van der Waals surface area contributed by atoms with Crippen LogP contribution in [0.1, 0.15) is 33.5 Å². The van der Waals surface area contributed by atoms with Crippen LogP contribution in [0.25, 0.3) is 0 Å². The molecule has 0 saturated carbocycles. The third-order valence-corrected chi connectivity index (χ3v) is 5.95. The number of aryl methyl sites for hydroxylation is 2. The van der Waals surface area contributed by atoms with Gasteiger partial charge >= 0.3 is 6.03 Å². The number of ether oxygens (including phenoxy) is 1. The van der Waals surface area contributed by atoms with E-state index in [1.165, 1.54) is 16.7 Å². The molecule has 0 unspecified atom stereocenters. The number of rotatable bonds is 6. The number of carbonyl (C=O) groups is 2. The van der Waals surface area contributed by atoms with Gasteiger partial charge in [0.25, 0.3) is 5.91 Å². The summed E-state index contributed by atoms with van der Waals surface area (Å²) in [4.78, 5) is 29.5. The van der Waals surface area contributed by atoms with E-state index in [4.69, 9.17) is 4.74 Å². The standard InChI is InChI=1S/C27H29N3O3/c1-19-8-9-20(2)22(16-19)18-29-14-5-15-30(27(29)32)24-12-10-23(11-13-24)28-26(31)21-6-4-7-25(17-21)33-3/h4,6-13,16-17H,5,14-15,18H2,1-3H3,(H,28,31). The molecule has 0 aromatic heterocycles. The van der Waals surface area contributed by atoms with Crippen LogP contribution in [0.15, 0.2) is 66.7 Å². The predicted molar refractivity (Wildman–Crippen MR) is 131 cm³/mol. The fourth-order valence-corrected chi connectivity index (χ4v) is 4.04. The zero-order valence-corrected chi connectivity index (χ0v) is 19.3. The van der Waals surface area contributed by atoms with Gasteiger partial charge in [0.15, 0.2) is 0 Å². The van der Waals surface area contributed by atoms with Crippen LogP contribution in [0.5, 0.6) is 5.75 Å². The minimum atomic E-state index is -0.213. The summed E-state index contributed by atoms with van der Waals surface area (Å²) in [6, 6.07) is 20.8. The van der Waals surface area contributed by atoms with Crippen LogP contribution in [0, 0.1) is 13.8 Å². The van der Waals surface area contributed by atoms with Gasteiger partial charge < -0.3 is 15.0 Å². The van der Waals surface area contributed by atoms with E-state index in [1.807, 2.05) is 34.1 Å². The second-order valence-corrected chi connectivity index (χ2v) is 8.37. The molecule has 3 aromatic carbocycles. The van der Waals surface area contributed by atoms with Gasteiger partial charge in [0, 0.05) is 36.6 Å². The molecule has 1 aliphatic heterocycles. The van der Waals surface area contributed by atoms with E-state index >= 15 is 0 Å². The first-order chi connectivity index (χ1) is 15.9. The normalized spacial score (nSPS) is 13.7. The number of amides is 3. The summed E-state index contributed by atoms with van der Waals surface area (Å²) in [6.07, 6.45) is 0.908. The summed E-state index contributed by atoms with van der Waals surface area (Å²) in [5, 5.41) is 2.90. The van der Waals surface area contributed by atoms with Crippen LogP contribution in [-0.4, -0.2) is 37.0 Å². The van der Waals surface area contributed by atoms with Gasteiger partial charge in [-0.05, 0) is 73.9 Å². The minimum absolute atomic E-state index is 0.00956. The van der Waals surface area contributed by atoms with E-state index in [9.17, 15) is 9.59 Å². The summed E-state index contributed by atoms with van der Waals surface area (Å²) < 4.78 is 5.19. The zero-order valence-electron chi connectivity index (χ0n) is 19.3. The first kappa shape index (κ1) is 22.4. The maximum absolute atomic E-state index is 13.2. The van der Waals surface area contributed by atoms with E-state index < -0.39 is 0 Å². The van der Waals surface area contributed by atoms with Crippen LogP contribution < -0.4 is 15.0 Å². The molecule has 1 fully saturated rings. The topological polar surface area (TPSA) is 61.9 Å². The summed E-state index contributed by atoms with van der Waals surface area (Å²) in [5.74, 6) is 0.419. The molecule has 1 saturated heterocycles. The molecule has 1 heterocycles. The van der Waals surface area contributed by atoms with Gasteiger partial charge in [-0.15, -0.1) is 0 Å². The third-order valence-electron chi connectivity index (χ3n) is 5.95. The first-order valence-corrected chi connectivity index (χ1v) is 11.1. The molecule has 170 valence electrons. The number of methoxy groups -OCH3 is 1. The van der Waals surface area contributed by atoms with Crippen molar-refractivity contribution >= 4 is 23.3 Å². The zero-order chi connectivity index (χ0) is 23.4. The van der Waals surface area contributed by atoms with Crippen molar-refractivity contribution in [1.82, 2.24) is 4.90 Å². The molecule has 0 bridgehead atoms. The Bertz CT molecular complexity index is 1160. The molecule has 0 aliphatic carbocycles. The van der Waals surface area contributed by atoms with Crippen molar-refractivity contribution in [3.8, 4) is 5.75 Å². The van der Waals surface area contributed by atoms with Crippen molar-refractivity contribution < 1.29 is 14.3 Å². The van der Waals surface area contributed by atoms with Crippen molar-refractivity contribution in [2.24, 2.45) is 0 Å². The van der Waals surface area contributed by atoms with Crippen LogP contribution in [0.3, 0.4) is 0 Å². The molecule has 6 nitrogen and oxygen atoms in total. The van der Waals surface area contributed by atoms with Crippen LogP contribution in [-0.2, 0) is 6.54 Å². The van der Waals surface area contributed by atoms with E-state index in [-0.39, 0.29) is 11.9 Å². The van der Waals surface area contributed by atoms with Gasteiger partial charge in [0.1, 0.15) is 5.75 Å². The van der Waals surface area contributed by atoms with Gasteiger partial charge in [0.2, 0.25) is 0 Å². The highest BCUT2D eigenvalue weighted by Gasteiger charge is 2.27. The molecular formula is C27H29N3O3. The summed E-state index contributed by atoms with van der Waals surface area (Å²) >= 11 is 0. The number of hydrogen-bond donors (Lipinski definition) is 1. The molecule has 0 radical (unpaired) electrons. The lowest BCUT2D eigenvalue weighted by Crippen LogP contribution is -2.49. The maximum atomic E-state index is 13.2. The lowest BCUT2D eigenvalue weighted by Gasteiger charge is -2.36. The summed E-state index contributed by atoms with van der Waals surface area (Å²) in [6.45, 7) is 6.19. The van der Waals surface area contributed by atoms with Crippen LogP contribution in [0.4, 0.5) is 16.2 Å². The van der Waals surface area contributed by atoms with E-state index in [0.717, 1.165) is 18.7 Å². The number of nitrogens with one attached hydrogen (secondary N) is 1. The SMILES string of the molecule is COc1cccc(C(=O)Nc2ccc(N3CCCN(Cc4cc(C)ccc4C)C3=O)cc2)c1. The number of carbonyl (C=O) groups excluding carboxylic acids is 2. The monoisotopic (exact) mass is 443 g/mol. The van der Waals surface area contributed by atoms with Crippen molar-refractivity contribution in [3.05, 3.63) is 89.0 Å². The largest absolute Gasteiger partial charge is 0.497 e. The highest BCUT2D eigenvalue weighted by Crippen LogP contribution is 2.24. The number of hydrogen-bond acceptors (Lipinski definition) is 3. The van der Waals surface area contributed by atoms with Gasteiger partial charge in [-0.1, -0.05) is 29.8 Å². The van der Waals surface area contributed by atoms with E-state index in [2.05, 4.69) is 37.4 Å². The quantitative estimate of drug-likeness (QED) is 0.555. The van der Waals surface area contributed by atoms with Crippen LogP contribution in [0.2, 0.25) is 0 Å². The number of anilines is 2. The fourth-order valence-electron chi connectivity index (χ4n) is 4.04. The molecule has 1 aliphatic rings. The van der Waals surface area contributed by atoms with Gasteiger partial charge in [-0.3, -0.25) is 9.69 Å². The fraction of sp³-hybridized carbons (Fsp3) is 0.259. The first-order valence-electron chi connectivity index (χ1n) is 11.1. The Morgan fingerprint density at radius 2 is 1.79 bits per heavy atom. The van der Waals surface area contributed by atoms with E-state index in [1.54, 1.807) is 31.4 Å². The predicted octanol–water partition coefficient (Wildman–Crippen LogP) is 5.40. The molecule has 4 rings (SSSR count).